The number of amides is 1. The van der Waals surface area contributed by atoms with Crippen LogP contribution >= 0.6 is 11.3 Å². The standard InChI is InChI=1S/C12H15NO3S/c1-13(6-8-16-2)12(15)11-10(4-3-7-14)5-9-17-11/h5,9,14H,6-8H2,1-2H3. The van der Waals surface area contributed by atoms with Crippen molar-refractivity contribution in [2.75, 3.05) is 33.9 Å². The lowest BCUT2D eigenvalue weighted by molar-refractivity contribution is 0.0748. The van der Waals surface area contributed by atoms with E-state index < -0.39 is 0 Å². The zero-order valence-electron chi connectivity index (χ0n) is 9.90. The third kappa shape index (κ3) is 3.86. The minimum absolute atomic E-state index is 0.0701. The highest BCUT2D eigenvalue weighted by molar-refractivity contribution is 7.12. The van der Waals surface area contributed by atoms with Crippen LogP contribution in [0.25, 0.3) is 0 Å². The molecule has 1 rings (SSSR count). The summed E-state index contributed by atoms with van der Waals surface area (Å²) in [6.07, 6.45) is 0. The summed E-state index contributed by atoms with van der Waals surface area (Å²) in [5, 5.41) is 10.5. The first-order valence-electron chi connectivity index (χ1n) is 5.12. The van der Waals surface area contributed by atoms with Crippen LogP contribution in [0.4, 0.5) is 0 Å². The monoisotopic (exact) mass is 253 g/mol. The number of carbonyl (C=O) groups excluding carboxylic acids is 1. The molecule has 0 saturated carbocycles. The molecule has 1 amide bonds. The number of thiophene rings is 1. The first kappa shape index (κ1) is 13.7. The van der Waals surface area contributed by atoms with Crippen molar-refractivity contribution in [1.29, 1.82) is 0 Å². The summed E-state index contributed by atoms with van der Waals surface area (Å²) in [5.41, 5.74) is 0.665. The summed E-state index contributed by atoms with van der Waals surface area (Å²) >= 11 is 1.35. The molecule has 0 aliphatic rings. The fraction of sp³-hybridized carbons (Fsp3) is 0.417. The first-order valence-corrected chi connectivity index (χ1v) is 6.00. The fourth-order valence-electron chi connectivity index (χ4n) is 1.21. The average Bonchev–Trinajstić information content (AvgIpc) is 2.80. The Hall–Kier alpha value is -1.35. The molecule has 0 saturated heterocycles. The number of hydrogen-bond donors (Lipinski definition) is 1. The maximum Gasteiger partial charge on any atom is 0.265 e. The van der Waals surface area contributed by atoms with Gasteiger partial charge in [0.05, 0.1) is 6.61 Å². The zero-order chi connectivity index (χ0) is 12.7. The van der Waals surface area contributed by atoms with Gasteiger partial charge in [-0.25, -0.2) is 0 Å². The number of likely N-dealkylation sites (N-methyl/N-ethyl adjacent to an activating group) is 1. The summed E-state index contributed by atoms with van der Waals surface area (Å²) in [6, 6.07) is 1.78. The van der Waals surface area contributed by atoms with Gasteiger partial charge in [-0.05, 0) is 11.4 Å². The molecule has 0 aliphatic heterocycles. The number of carbonyl (C=O) groups is 1. The number of nitrogens with zero attached hydrogens (tertiary/aromatic N) is 1. The Kier molecular flexibility index (Phi) is 5.70. The molecule has 4 nitrogen and oxygen atoms in total. The molecule has 0 fully saturated rings. The van der Waals surface area contributed by atoms with Gasteiger partial charge in [0, 0.05) is 26.3 Å². The lowest BCUT2D eigenvalue weighted by atomic mass is 10.2. The fourth-order valence-corrected chi connectivity index (χ4v) is 2.05. The van der Waals surface area contributed by atoms with Gasteiger partial charge in [-0.3, -0.25) is 4.79 Å². The molecule has 0 unspecified atom stereocenters. The highest BCUT2D eigenvalue weighted by Gasteiger charge is 2.16. The molecule has 0 aliphatic carbocycles. The molecule has 1 aromatic rings. The highest BCUT2D eigenvalue weighted by Crippen LogP contribution is 2.17. The normalized spacial score (nSPS) is 9.59. The van der Waals surface area contributed by atoms with Crippen LogP contribution in [-0.4, -0.2) is 49.8 Å². The van der Waals surface area contributed by atoms with Gasteiger partial charge < -0.3 is 14.7 Å². The molecule has 1 N–H and O–H groups in total. The topological polar surface area (TPSA) is 49.8 Å². The van der Waals surface area contributed by atoms with E-state index in [1.807, 2.05) is 5.38 Å². The van der Waals surface area contributed by atoms with Gasteiger partial charge in [0.2, 0.25) is 0 Å². The van der Waals surface area contributed by atoms with Crippen molar-refractivity contribution in [2.45, 2.75) is 0 Å². The van der Waals surface area contributed by atoms with Crippen LogP contribution in [0, 0.1) is 11.8 Å². The second kappa shape index (κ2) is 7.07. The lowest BCUT2D eigenvalue weighted by Gasteiger charge is -2.15. The van der Waals surface area contributed by atoms with Gasteiger partial charge in [-0.15, -0.1) is 11.3 Å². The summed E-state index contributed by atoms with van der Waals surface area (Å²) in [4.78, 5) is 14.2. The third-order valence-electron chi connectivity index (χ3n) is 2.14. The Bertz CT molecular complexity index is 430. The van der Waals surface area contributed by atoms with Crippen LogP contribution in [0.1, 0.15) is 15.2 Å². The van der Waals surface area contributed by atoms with E-state index in [4.69, 9.17) is 9.84 Å². The molecular weight excluding hydrogens is 238 g/mol. The molecule has 0 bridgehead atoms. The van der Waals surface area contributed by atoms with Gasteiger partial charge in [-0.1, -0.05) is 11.8 Å². The molecule has 1 heterocycles. The van der Waals surface area contributed by atoms with Crippen molar-refractivity contribution in [1.82, 2.24) is 4.90 Å². The largest absolute Gasteiger partial charge is 0.384 e. The van der Waals surface area contributed by atoms with Crippen molar-refractivity contribution < 1.29 is 14.6 Å². The number of aliphatic hydroxyl groups excluding tert-OH is 1. The predicted octanol–water partition coefficient (Wildman–Crippen LogP) is 0.810. The van der Waals surface area contributed by atoms with E-state index in [1.54, 1.807) is 25.1 Å². The van der Waals surface area contributed by atoms with Crippen molar-refractivity contribution in [2.24, 2.45) is 0 Å². The van der Waals surface area contributed by atoms with Crippen molar-refractivity contribution in [3.63, 3.8) is 0 Å². The van der Waals surface area contributed by atoms with Crippen LogP contribution in [-0.2, 0) is 4.74 Å². The first-order chi connectivity index (χ1) is 8.20. The van der Waals surface area contributed by atoms with E-state index in [0.29, 0.717) is 23.6 Å². The molecular formula is C12H15NO3S. The lowest BCUT2D eigenvalue weighted by Crippen LogP contribution is -2.29. The third-order valence-corrected chi connectivity index (χ3v) is 3.04. The maximum absolute atomic E-state index is 12.0. The van der Waals surface area contributed by atoms with Crippen molar-refractivity contribution in [3.05, 3.63) is 21.9 Å². The Morgan fingerprint density at radius 2 is 2.41 bits per heavy atom. The maximum atomic E-state index is 12.0. The second-order valence-corrected chi connectivity index (χ2v) is 4.26. The Balaban J connectivity index is 2.78. The number of ether oxygens (including phenoxy) is 1. The number of methoxy groups -OCH3 is 1. The highest BCUT2D eigenvalue weighted by atomic mass is 32.1. The quantitative estimate of drug-likeness (QED) is 0.808. The van der Waals surface area contributed by atoms with Crippen LogP contribution in [0.2, 0.25) is 0 Å². The molecule has 0 aromatic carbocycles. The van der Waals surface area contributed by atoms with Gasteiger partial charge in [0.25, 0.3) is 5.91 Å². The molecule has 0 atom stereocenters. The summed E-state index contributed by atoms with van der Waals surface area (Å²) in [6.45, 7) is 0.842. The van der Waals surface area contributed by atoms with Gasteiger partial charge in [0.1, 0.15) is 11.5 Å². The second-order valence-electron chi connectivity index (χ2n) is 3.34. The molecule has 5 heteroatoms. The van der Waals surface area contributed by atoms with Gasteiger partial charge in [0.15, 0.2) is 0 Å². The zero-order valence-corrected chi connectivity index (χ0v) is 10.7. The summed E-state index contributed by atoms with van der Waals surface area (Å²) in [7, 11) is 3.33. The van der Waals surface area contributed by atoms with E-state index in [-0.39, 0.29) is 12.5 Å². The van der Waals surface area contributed by atoms with Crippen LogP contribution < -0.4 is 0 Å². The SMILES string of the molecule is COCCN(C)C(=O)c1sccc1C#CCO. The molecule has 1 aromatic heterocycles. The Morgan fingerprint density at radius 3 is 3.06 bits per heavy atom. The van der Waals surface area contributed by atoms with Crippen molar-refractivity contribution >= 4 is 17.2 Å². The van der Waals surface area contributed by atoms with Crippen LogP contribution in [0.3, 0.4) is 0 Å². The van der Waals surface area contributed by atoms with Gasteiger partial charge >= 0.3 is 0 Å². The smallest absolute Gasteiger partial charge is 0.265 e. The Labute approximate surface area is 105 Å². The van der Waals surface area contributed by atoms with Crippen LogP contribution in [0.15, 0.2) is 11.4 Å². The summed E-state index contributed by atoms with van der Waals surface area (Å²) < 4.78 is 4.92. The average molecular weight is 253 g/mol. The van der Waals surface area contributed by atoms with E-state index in [9.17, 15) is 4.79 Å². The van der Waals surface area contributed by atoms with Gasteiger partial charge in [-0.2, -0.15) is 0 Å². The Morgan fingerprint density at radius 1 is 1.65 bits per heavy atom. The van der Waals surface area contributed by atoms with E-state index >= 15 is 0 Å². The molecule has 0 spiro atoms. The van der Waals surface area contributed by atoms with E-state index in [0.717, 1.165) is 0 Å². The van der Waals surface area contributed by atoms with Crippen LogP contribution in [0.5, 0.6) is 0 Å². The molecule has 0 radical (unpaired) electrons. The minimum Gasteiger partial charge on any atom is -0.384 e. The van der Waals surface area contributed by atoms with Crippen molar-refractivity contribution in [3.8, 4) is 11.8 Å². The predicted molar refractivity (Wildman–Crippen MR) is 67.1 cm³/mol. The number of rotatable bonds is 4. The number of hydrogen-bond acceptors (Lipinski definition) is 4. The summed E-state index contributed by atoms with van der Waals surface area (Å²) in [5.74, 6) is 5.24. The minimum atomic E-state index is -0.205. The van der Waals surface area contributed by atoms with E-state index in [2.05, 4.69) is 11.8 Å². The van der Waals surface area contributed by atoms with E-state index in [1.165, 1.54) is 11.3 Å². The molecule has 17 heavy (non-hydrogen) atoms. The molecule has 92 valence electrons. The number of aliphatic hydroxyl groups is 1.